The van der Waals surface area contributed by atoms with Crippen molar-refractivity contribution in [1.82, 2.24) is 0 Å². The second-order valence-electron chi connectivity index (χ2n) is 4.79. The van der Waals surface area contributed by atoms with Crippen molar-refractivity contribution >= 4 is 33.7 Å². The van der Waals surface area contributed by atoms with Crippen molar-refractivity contribution in [2.45, 2.75) is 24.2 Å². The van der Waals surface area contributed by atoms with E-state index in [2.05, 4.69) is 22.0 Å². The van der Waals surface area contributed by atoms with Crippen molar-refractivity contribution < 1.29 is 9.53 Å². The van der Waals surface area contributed by atoms with E-state index in [9.17, 15) is 4.79 Å². The molecule has 0 spiro atoms. The van der Waals surface area contributed by atoms with Gasteiger partial charge < -0.3 is 4.74 Å². The lowest BCUT2D eigenvalue weighted by molar-refractivity contribution is -0.141. The summed E-state index contributed by atoms with van der Waals surface area (Å²) in [6, 6.07) is 7.90. The number of benzene rings is 1. The molecule has 1 fully saturated rings. The summed E-state index contributed by atoms with van der Waals surface area (Å²) >= 11 is 5.01. The number of carbonyl (C=O) groups is 1. The standard InChI is InChI=1S/C14H14BrNO2S/c1-18-13(17)7-14(4-5-14)9-19-12-3-2-11(15)6-10(12)8-16/h2-3,6H,4-5,7,9H2,1H3. The van der Waals surface area contributed by atoms with Crippen LogP contribution in [0.25, 0.3) is 0 Å². The largest absolute Gasteiger partial charge is 0.469 e. The second kappa shape index (κ2) is 5.98. The number of hydrogen-bond acceptors (Lipinski definition) is 4. The number of hydrogen-bond donors (Lipinski definition) is 0. The van der Waals surface area contributed by atoms with Gasteiger partial charge in [0.2, 0.25) is 0 Å². The third kappa shape index (κ3) is 3.74. The second-order valence-corrected chi connectivity index (χ2v) is 6.73. The summed E-state index contributed by atoms with van der Waals surface area (Å²) in [5.41, 5.74) is 0.755. The molecule has 1 aliphatic carbocycles. The van der Waals surface area contributed by atoms with Crippen LogP contribution in [0.1, 0.15) is 24.8 Å². The molecule has 0 atom stereocenters. The first-order valence-electron chi connectivity index (χ1n) is 5.98. The molecule has 0 aliphatic heterocycles. The Kier molecular flexibility index (Phi) is 4.54. The molecule has 3 nitrogen and oxygen atoms in total. The molecule has 0 radical (unpaired) electrons. The number of nitrogens with zero attached hydrogens (tertiary/aromatic N) is 1. The highest BCUT2D eigenvalue weighted by Gasteiger charge is 2.44. The number of rotatable bonds is 5. The molecular weight excluding hydrogens is 326 g/mol. The van der Waals surface area contributed by atoms with E-state index in [0.29, 0.717) is 12.0 Å². The van der Waals surface area contributed by atoms with Gasteiger partial charge in [-0.1, -0.05) is 15.9 Å². The molecule has 0 saturated heterocycles. The van der Waals surface area contributed by atoms with Crippen LogP contribution >= 0.6 is 27.7 Å². The van der Waals surface area contributed by atoms with Crippen LogP contribution in [0.4, 0.5) is 0 Å². The maximum atomic E-state index is 11.4. The molecule has 1 saturated carbocycles. The van der Waals surface area contributed by atoms with Gasteiger partial charge in [-0.05, 0) is 36.5 Å². The Balaban J connectivity index is 2.00. The highest BCUT2D eigenvalue weighted by molar-refractivity contribution is 9.10. The molecule has 0 amide bonds. The number of nitriles is 1. The molecule has 1 aromatic rings. The zero-order valence-electron chi connectivity index (χ0n) is 10.6. The average Bonchev–Trinajstić information content (AvgIpc) is 3.17. The van der Waals surface area contributed by atoms with Gasteiger partial charge in [0.25, 0.3) is 0 Å². The molecule has 0 heterocycles. The monoisotopic (exact) mass is 339 g/mol. The SMILES string of the molecule is COC(=O)CC1(CSc2ccc(Br)cc2C#N)CC1. The van der Waals surface area contributed by atoms with E-state index in [1.165, 1.54) is 7.11 Å². The van der Waals surface area contributed by atoms with Gasteiger partial charge >= 0.3 is 5.97 Å². The Morgan fingerprint density at radius 2 is 2.32 bits per heavy atom. The van der Waals surface area contributed by atoms with Crippen LogP contribution in [0, 0.1) is 16.7 Å². The Morgan fingerprint density at radius 3 is 2.89 bits per heavy atom. The van der Waals surface area contributed by atoms with Crippen LogP contribution in [-0.2, 0) is 9.53 Å². The number of methoxy groups -OCH3 is 1. The molecular formula is C14H14BrNO2S. The van der Waals surface area contributed by atoms with Crippen molar-refractivity contribution in [1.29, 1.82) is 5.26 Å². The van der Waals surface area contributed by atoms with Crippen molar-refractivity contribution in [3.8, 4) is 6.07 Å². The smallest absolute Gasteiger partial charge is 0.306 e. The molecule has 0 aromatic heterocycles. The fourth-order valence-electron chi connectivity index (χ4n) is 1.87. The van der Waals surface area contributed by atoms with Gasteiger partial charge in [0, 0.05) is 15.1 Å². The first-order chi connectivity index (χ1) is 9.08. The van der Waals surface area contributed by atoms with Gasteiger partial charge in [0.1, 0.15) is 6.07 Å². The Hall–Kier alpha value is -0.990. The number of carbonyl (C=O) groups excluding carboxylic acids is 1. The summed E-state index contributed by atoms with van der Waals surface area (Å²) in [6.07, 6.45) is 2.61. The molecule has 1 aromatic carbocycles. The summed E-state index contributed by atoms with van der Waals surface area (Å²) in [7, 11) is 1.42. The number of ether oxygens (including phenoxy) is 1. The van der Waals surface area contributed by atoms with Crippen LogP contribution in [0.3, 0.4) is 0 Å². The van der Waals surface area contributed by atoms with E-state index in [-0.39, 0.29) is 11.4 Å². The highest BCUT2D eigenvalue weighted by atomic mass is 79.9. The predicted molar refractivity (Wildman–Crippen MR) is 77.9 cm³/mol. The fourth-order valence-corrected chi connectivity index (χ4v) is 3.51. The topological polar surface area (TPSA) is 50.1 Å². The third-order valence-electron chi connectivity index (χ3n) is 3.30. The normalized spacial score (nSPS) is 15.6. The number of esters is 1. The quantitative estimate of drug-likeness (QED) is 0.605. The molecule has 100 valence electrons. The predicted octanol–water partition coefficient (Wildman–Crippen LogP) is 3.76. The summed E-state index contributed by atoms with van der Waals surface area (Å²) < 4.78 is 5.64. The lowest BCUT2D eigenvalue weighted by atomic mass is 10.1. The van der Waals surface area contributed by atoms with E-state index >= 15 is 0 Å². The molecule has 5 heteroatoms. The van der Waals surface area contributed by atoms with Gasteiger partial charge in [0.05, 0.1) is 19.1 Å². The summed E-state index contributed by atoms with van der Waals surface area (Å²) in [6.45, 7) is 0. The van der Waals surface area contributed by atoms with E-state index in [4.69, 9.17) is 10.00 Å². The van der Waals surface area contributed by atoms with Gasteiger partial charge in [0.15, 0.2) is 0 Å². The van der Waals surface area contributed by atoms with Crippen LogP contribution in [0.15, 0.2) is 27.6 Å². The van der Waals surface area contributed by atoms with E-state index in [1.54, 1.807) is 11.8 Å². The minimum absolute atomic E-state index is 0.0809. The van der Waals surface area contributed by atoms with Crippen molar-refractivity contribution in [2.75, 3.05) is 12.9 Å². The lowest BCUT2D eigenvalue weighted by Crippen LogP contribution is -2.13. The molecule has 0 N–H and O–H groups in total. The average molecular weight is 340 g/mol. The van der Waals surface area contributed by atoms with Gasteiger partial charge in [-0.15, -0.1) is 11.8 Å². The minimum Gasteiger partial charge on any atom is -0.469 e. The molecule has 0 bridgehead atoms. The summed E-state index contributed by atoms with van der Waals surface area (Å²) in [4.78, 5) is 12.3. The summed E-state index contributed by atoms with van der Waals surface area (Å²) in [5, 5.41) is 9.11. The van der Waals surface area contributed by atoms with E-state index < -0.39 is 0 Å². The number of thioether (sulfide) groups is 1. The molecule has 1 aliphatic rings. The fraction of sp³-hybridized carbons (Fsp3) is 0.429. The first kappa shape index (κ1) is 14.4. The van der Waals surface area contributed by atoms with Crippen molar-refractivity contribution in [3.63, 3.8) is 0 Å². The van der Waals surface area contributed by atoms with Crippen LogP contribution in [0.5, 0.6) is 0 Å². The van der Waals surface area contributed by atoms with Gasteiger partial charge in [-0.25, -0.2) is 0 Å². The lowest BCUT2D eigenvalue weighted by Gasteiger charge is -2.13. The zero-order valence-corrected chi connectivity index (χ0v) is 13.0. The maximum Gasteiger partial charge on any atom is 0.306 e. The van der Waals surface area contributed by atoms with Crippen LogP contribution in [-0.4, -0.2) is 18.8 Å². The van der Waals surface area contributed by atoms with Crippen molar-refractivity contribution in [3.05, 3.63) is 28.2 Å². The zero-order chi connectivity index (χ0) is 13.9. The highest BCUT2D eigenvalue weighted by Crippen LogP contribution is 2.52. The van der Waals surface area contributed by atoms with E-state index in [1.807, 2.05) is 18.2 Å². The number of halogens is 1. The maximum absolute atomic E-state index is 11.4. The Labute approximate surface area is 125 Å². The van der Waals surface area contributed by atoms with Crippen molar-refractivity contribution in [2.24, 2.45) is 5.41 Å². The third-order valence-corrected chi connectivity index (χ3v) is 5.22. The van der Waals surface area contributed by atoms with E-state index in [0.717, 1.165) is 28.0 Å². The van der Waals surface area contributed by atoms with Gasteiger partial charge in [-0.2, -0.15) is 5.26 Å². The van der Waals surface area contributed by atoms with Crippen LogP contribution in [0.2, 0.25) is 0 Å². The Morgan fingerprint density at radius 1 is 1.58 bits per heavy atom. The first-order valence-corrected chi connectivity index (χ1v) is 7.76. The minimum atomic E-state index is -0.144. The molecule has 0 unspecified atom stereocenters. The summed E-state index contributed by atoms with van der Waals surface area (Å²) in [5.74, 6) is 0.715. The van der Waals surface area contributed by atoms with Crippen LogP contribution < -0.4 is 0 Å². The Bertz CT molecular complexity index is 535. The molecule has 19 heavy (non-hydrogen) atoms. The molecule has 2 rings (SSSR count). The van der Waals surface area contributed by atoms with Gasteiger partial charge in [-0.3, -0.25) is 4.79 Å².